The van der Waals surface area contributed by atoms with Crippen LogP contribution in [0.3, 0.4) is 0 Å². The fourth-order valence-electron chi connectivity index (χ4n) is 1.00. The third kappa shape index (κ3) is 1.77. The Bertz CT molecular complexity index is 470. The van der Waals surface area contributed by atoms with Crippen LogP contribution in [0.4, 0.5) is 0 Å². The van der Waals surface area contributed by atoms with Crippen molar-refractivity contribution in [1.82, 2.24) is 9.78 Å². The molecule has 0 aliphatic heterocycles. The molecule has 0 atom stereocenters. The Hall–Kier alpha value is -2.16. The Morgan fingerprint density at radius 1 is 1.79 bits per heavy atom. The molecule has 0 aliphatic carbocycles. The molecule has 0 spiro atoms. The van der Waals surface area contributed by atoms with E-state index in [2.05, 4.69) is 5.10 Å². The van der Waals surface area contributed by atoms with Gasteiger partial charge < -0.3 is 5.11 Å². The van der Waals surface area contributed by atoms with Gasteiger partial charge in [-0.05, 0) is 13.0 Å². The van der Waals surface area contributed by atoms with Crippen molar-refractivity contribution < 1.29 is 9.90 Å². The molecule has 0 saturated carbocycles. The van der Waals surface area contributed by atoms with Crippen molar-refractivity contribution in [2.24, 2.45) is 0 Å². The molecule has 1 heterocycles. The van der Waals surface area contributed by atoms with E-state index in [0.29, 0.717) is 5.69 Å². The van der Waals surface area contributed by atoms with E-state index < -0.39 is 11.5 Å². The van der Waals surface area contributed by atoms with Crippen LogP contribution in [0.2, 0.25) is 0 Å². The van der Waals surface area contributed by atoms with Crippen LogP contribution in [0.1, 0.15) is 16.1 Å². The quantitative estimate of drug-likeness (QED) is 0.700. The van der Waals surface area contributed by atoms with E-state index in [0.717, 1.165) is 4.68 Å². The van der Waals surface area contributed by atoms with Crippen LogP contribution < -0.4 is 5.56 Å². The van der Waals surface area contributed by atoms with Crippen molar-refractivity contribution in [2.45, 2.75) is 13.5 Å². The van der Waals surface area contributed by atoms with Gasteiger partial charge in [0.1, 0.15) is 12.1 Å². The minimum atomic E-state index is -1.31. The predicted molar refractivity (Wildman–Crippen MR) is 45.8 cm³/mol. The van der Waals surface area contributed by atoms with E-state index in [1.165, 1.54) is 6.07 Å². The minimum Gasteiger partial charge on any atom is -0.477 e. The summed E-state index contributed by atoms with van der Waals surface area (Å²) >= 11 is 0. The van der Waals surface area contributed by atoms with Crippen molar-refractivity contribution >= 4 is 5.97 Å². The SMILES string of the molecule is Cc1cc(C(=O)O)c(=O)n(CC#N)n1. The largest absolute Gasteiger partial charge is 0.477 e. The first-order valence-electron chi connectivity index (χ1n) is 3.75. The number of hydrogen-bond acceptors (Lipinski definition) is 4. The van der Waals surface area contributed by atoms with E-state index >= 15 is 0 Å². The number of carbonyl (C=O) groups is 1. The number of rotatable bonds is 2. The molecule has 72 valence electrons. The van der Waals surface area contributed by atoms with E-state index in [1.54, 1.807) is 13.0 Å². The highest BCUT2D eigenvalue weighted by Gasteiger charge is 2.12. The van der Waals surface area contributed by atoms with E-state index in [4.69, 9.17) is 10.4 Å². The standard InChI is InChI=1S/C8H7N3O3/c1-5-4-6(8(13)14)7(12)11(10-5)3-2-9/h4H,3H2,1H3,(H,13,14). The fraction of sp³-hybridized carbons (Fsp3) is 0.250. The van der Waals surface area contributed by atoms with Crippen LogP contribution in [0.5, 0.6) is 0 Å². The Labute approximate surface area is 79.0 Å². The maximum absolute atomic E-state index is 11.3. The van der Waals surface area contributed by atoms with Crippen molar-refractivity contribution in [3.63, 3.8) is 0 Å². The molecular formula is C8H7N3O3. The fourth-order valence-corrected chi connectivity index (χ4v) is 1.00. The van der Waals surface area contributed by atoms with Crippen molar-refractivity contribution in [2.75, 3.05) is 0 Å². The Morgan fingerprint density at radius 2 is 2.43 bits per heavy atom. The summed E-state index contributed by atoms with van der Waals surface area (Å²) in [7, 11) is 0. The Kier molecular flexibility index (Phi) is 2.62. The van der Waals surface area contributed by atoms with Gasteiger partial charge >= 0.3 is 5.97 Å². The number of carboxylic acid groups (broad SMARTS) is 1. The van der Waals surface area contributed by atoms with Gasteiger partial charge in [-0.1, -0.05) is 0 Å². The molecule has 0 radical (unpaired) electrons. The highest BCUT2D eigenvalue weighted by molar-refractivity contribution is 5.87. The lowest BCUT2D eigenvalue weighted by molar-refractivity contribution is 0.0693. The smallest absolute Gasteiger partial charge is 0.341 e. The van der Waals surface area contributed by atoms with E-state index in [-0.39, 0.29) is 12.1 Å². The van der Waals surface area contributed by atoms with Crippen LogP contribution in [-0.2, 0) is 6.54 Å². The third-order valence-corrected chi connectivity index (χ3v) is 1.55. The molecule has 0 saturated heterocycles. The molecule has 1 aromatic heterocycles. The van der Waals surface area contributed by atoms with Gasteiger partial charge in [-0.25, -0.2) is 9.48 Å². The van der Waals surface area contributed by atoms with Crippen LogP contribution in [0, 0.1) is 18.3 Å². The van der Waals surface area contributed by atoms with Gasteiger partial charge in [0.2, 0.25) is 0 Å². The second kappa shape index (κ2) is 3.70. The van der Waals surface area contributed by atoms with Gasteiger partial charge in [0.15, 0.2) is 0 Å². The third-order valence-electron chi connectivity index (χ3n) is 1.55. The van der Waals surface area contributed by atoms with E-state index in [9.17, 15) is 9.59 Å². The van der Waals surface area contributed by atoms with Gasteiger partial charge in [0, 0.05) is 0 Å². The molecule has 0 bridgehead atoms. The number of hydrogen-bond donors (Lipinski definition) is 1. The monoisotopic (exact) mass is 193 g/mol. The van der Waals surface area contributed by atoms with Crippen LogP contribution in [0.15, 0.2) is 10.9 Å². The van der Waals surface area contributed by atoms with Gasteiger partial charge in [0.25, 0.3) is 5.56 Å². The summed E-state index contributed by atoms with van der Waals surface area (Å²) in [5, 5.41) is 20.7. The average molecular weight is 193 g/mol. The molecule has 1 aromatic rings. The molecule has 6 heteroatoms. The predicted octanol–water partition coefficient (Wildman–Crippen LogP) is -0.226. The van der Waals surface area contributed by atoms with Gasteiger partial charge in [-0.15, -0.1) is 0 Å². The number of aromatic nitrogens is 2. The summed E-state index contributed by atoms with van der Waals surface area (Å²) in [6.07, 6.45) is 0. The van der Waals surface area contributed by atoms with Crippen molar-refractivity contribution in [1.29, 1.82) is 5.26 Å². The van der Waals surface area contributed by atoms with Crippen LogP contribution in [-0.4, -0.2) is 20.9 Å². The lowest BCUT2D eigenvalue weighted by atomic mass is 10.2. The first-order chi connectivity index (χ1) is 6.56. The molecule has 0 aromatic carbocycles. The van der Waals surface area contributed by atoms with Gasteiger partial charge in [-0.2, -0.15) is 10.4 Å². The number of carboxylic acids is 1. The van der Waals surface area contributed by atoms with Crippen LogP contribution in [0.25, 0.3) is 0 Å². The second-order valence-corrected chi connectivity index (χ2v) is 2.63. The summed E-state index contributed by atoms with van der Waals surface area (Å²) in [4.78, 5) is 21.9. The topological polar surface area (TPSA) is 96.0 Å². The minimum absolute atomic E-state index is 0.249. The second-order valence-electron chi connectivity index (χ2n) is 2.63. The summed E-state index contributed by atoms with van der Waals surface area (Å²) in [6, 6.07) is 2.90. The van der Waals surface area contributed by atoms with E-state index in [1.807, 2.05) is 0 Å². The highest BCUT2D eigenvalue weighted by Crippen LogP contribution is 1.94. The molecule has 1 N–H and O–H groups in total. The summed E-state index contributed by atoms with van der Waals surface area (Å²) in [5.74, 6) is -1.31. The average Bonchev–Trinajstić information content (AvgIpc) is 2.10. The number of nitriles is 1. The summed E-state index contributed by atoms with van der Waals surface area (Å²) in [5.41, 5.74) is -0.741. The zero-order chi connectivity index (χ0) is 10.7. The first kappa shape index (κ1) is 9.92. The number of aryl methyl sites for hydroxylation is 1. The first-order valence-corrected chi connectivity index (χ1v) is 3.75. The summed E-state index contributed by atoms with van der Waals surface area (Å²) < 4.78 is 0.832. The maximum atomic E-state index is 11.3. The maximum Gasteiger partial charge on any atom is 0.341 e. The lowest BCUT2D eigenvalue weighted by Gasteiger charge is -2.01. The zero-order valence-corrected chi connectivity index (χ0v) is 7.39. The molecule has 0 fully saturated rings. The molecule has 0 unspecified atom stereocenters. The lowest BCUT2D eigenvalue weighted by Crippen LogP contribution is -2.28. The normalized spacial score (nSPS) is 9.43. The molecular weight excluding hydrogens is 186 g/mol. The highest BCUT2D eigenvalue weighted by atomic mass is 16.4. The Balaban J connectivity index is 3.42. The van der Waals surface area contributed by atoms with Gasteiger partial charge in [0.05, 0.1) is 11.8 Å². The number of aromatic carboxylic acids is 1. The Morgan fingerprint density at radius 3 is 2.93 bits per heavy atom. The molecule has 0 aliphatic rings. The van der Waals surface area contributed by atoms with Crippen molar-refractivity contribution in [3.8, 4) is 6.07 Å². The van der Waals surface area contributed by atoms with Gasteiger partial charge in [-0.3, -0.25) is 4.79 Å². The molecule has 1 rings (SSSR count). The van der Waals surface area contributed by atoms with Crippen LogP contribution >= 0.6 is 0 Å². The van der Waals surface area contributed by atoms with Crippen molar-refractivity contribution in [3.05, 3.63) is 27.7 Å². The molecule has 0 amide bonds. The molecule has 14 heavy (non-hydrogen) atoms. The zero-order valence-electron chi connectivity index (χ0n) is 7.39. The number of nitrogens with zero attached hydrogens (tertiary/aromatic N) is 3. The molecule has 6 nitrogen and oxygen atoms in total. The summed E-state index contributed by atoms with van der Waals surface area (Å²) in [6.45, 7) is 1.31.